The molecule has 0 saturated heterocycles. The van der Waals surface area contributed by atoms with Crippen molar-refractivity contribution in [1.82, 2.24) is 0 Å². The van der Waals surface area contributed by atoms with Crippen LogP contribution in [0, 0.1) is 0 Å². The first kappa shape index (κ1) is 33.9. The van der Waals surface area contributed by atoms with Gasteiger partial charge in [-0.05, 0) is 12.8 Å². The monoisotopic (exact) mass is 536 g/mol. The molecule has 0 fully saturated rings. The Bertz CT molecular complexity index is 863. The average Bonchev–Trinajstić information content (AvgIpc) is 2.82. The Labute approximate surface area is 199 Å². The van der Waals surface area contributed by atoms with Crippen molar-refractivity contribution < 1.29 is 63.3 Å². The second-order valence-corrected chi connectivity index (χ2v) is 9.97. The van der Waals surface area contributed by atoms with Crippen molar-refractivity contribution in [2.24, 2.45) is 0 Å². The summed E-state index contributed by atoms with van der Waals surface area (Å²) in [7, 11) is -4.40. The quantitative estimate of drug-likeness (QED) is 0.159. The van der Waals surface area contributed by atoms with Crippen LogP contribution in [0.3, 0.4) is 0 Å². The third-order valence-electron chi connectivity index (χ3n) is 3.74. The van der Waals surface area contributed by atoms with Gasteiger partial charge in [0, 0.05) is 0 Å². The summed E-state index contributed by atoms with van der Waals surface area (Å²) in [6.07, 6.45) is -0.104. The summed E-state index contributed by atoms with van der Waals surface area (Å²) in [6, 6.07) is 0. The number of methoxy groups -OCH3 is 2. The van der Waals surface area contributed by atoms with Gasteiger partial charge in [0.05, 0.1) is 54.5 Å². The smallest absolute Gasteiger partial charge is 0.327 e. The fourth-order valence-corrected chi connectivity index (χ4v) is 3.71. The van der Waals surface area contributed by atoms with Gasteiger partial charge in [-0.25, -0.2) is 0 Å². The minimum Gasteiger partial charge on any atom is -0.469 e. The van der Waals surface area contributed by atoms with E-state index in [9.17, 15) is 36.0 Å². The lowest BCUT2D eigenvalue weighted by Gasteiger charge is -2.13. The molecule has 2 unspecified atom stereocenters. The molecule has 16 heteroatoms. The molecule has 14 nitrogen and oxygen atoms in total. The largest absolute Gasteiger partial charge is 0.469 e. The summed E-state index contributed by atoms with van der Waals surface area (Å²) in [4.78, 5) is 45.0. The number of hydrogen-bond acceptors (Lipinski definition) is 14. The molecular weight excluding hydrogens is 504 g/mol. The van der Waals surface area contributed by atoms with E-state index < -0.39 is 67.5 Å². The van der Waals surface area contributed by atoms with Gasteiger partial charge >= 0.3 is 23.9 Å². The third-order valence-corrected chi connectivity index (χ3v) is 6.78. The number of esters is 4. The normalized spacial score (nSPS) is 12.9. The first-order valence-corrected chi connectivity index (χ1v) is 12.8. The molecule has 0 aliphatic rings. The number of carbonyl (C=O) groups is 4. The van der Waals surface area contributed by atoms with Crippen molar-refractivity contribution >= 4 is 44.1 Å². The topological polar surface area (TPSA) is 192 Å². The van der Waals surface area contributed by atoms with E-state index >= 15 is 0 Å². The van der Waals surface area contributed by atoms with E-state index in [1.54, 1.807) is 13.8 Å². The zero-order chi connectivity index (χ0) is 26.9. The SMILES string of the molecule is CCCOC(=O)C(CC(=O)OC)S(=O)(=O)OC.CCCOC(=O)CC(C(=O)OC)S(=O)(=O)OC. The van der Waals surface area contributed by atoms with Crippen molar-refractivity contribution in [3.63, 3.8) is 0 Å². The fourth-order valence-electron chi connectivity index (χ4n) is 1.93. The molecule has 0 aromatic carbocycles. The van der Waals surface area contributed by atoms with Gasteiger partial charge in [0.25, 0.3) is 20.2 Å². The molecule has 0 spiro atoms. The predicted molar refractivity (Wildman–Crippen MR) is 115 cm³/mol. The van der Waals surface area contributed by atoms with Crippen LogP contribution < -0.4 is 0 Å². The first-order valence-electron chi connectivity index (χ1n) is 9.83. The Balaban J connectivity index is 0. The molecule has 0 aromatic rings. The zero-order valence-corrected chi connectivity index (χ0v) is 21.6. The van der Waals surface area contributed by atoms with Gasteiger partial charge in [0.15, 0.2) is 10.5 Å². The molecule has 0 heterocycles. The Morgan fingerprint density at radius 2 is 1.03 bits per heavy atom. The van der Waals surface area contributed by atoms with E-state index in [0.29, 0.717) is 12.8 Å². The molecule has 0 aromatic heterocycles. The maximum absolute atomic E-state index is 11.5. The summed E-state index contributed by atoms with van der Waals surface area (Å²) in [5.74, 6) is -3.69. The molecule has 0 N–H and O–H groups in total. The maximum Gasteiger partial charge on any atom is 0.327 e. The lowest BCUT2D eigenvalue weighted by atomic mass is 10.3. The highest BCUT2D eigenvalue weighted by Crippen LogP contribution is 2.12. The van der Waals surface area contributed by atoms with Crippen LogP contribution in [0.1, 0.15) is 39.5 Å². The summed E-state index contributed by atoms with van der Waals surface area (Å²) in [5, 5.41) is -3.38. The van der Waals surface area contributed by atoms with E-state index in [-0.39, 0.29) is 13.2 Å². The second kappa shape index (κ2) is 17.2. The van der Waals surface area contributed by atoms with Gasteiger partial charge in [-0.1, -0.05) is 13.8 Å². The van der Waals surface area contributed by atoms with Gasteiger partial charge < -0.3 is 18.9 Å². The zero-order valence-electron chi connectivity index (χ0n) is 19.9. The van der Waals surface area contributed by atoms with Crippen LogP contribution in [-0.4, -0.2) is 92.9 Å². The Kier molecular flexibility index (Phi) is 17.1. The molecule has 0 radical (unpaired) electrons. The van der Waals surface area contributed by atoms with E-state index in [2.05, 4.69) is 27.3 Å². The van der Waals surface area contributed by atoms with Gasteiger partial charge in [-0.15, -0.1) is 0 Å². The highest BCUT2D eigenvalue weighted by atomic mass is 32.2. The predicted octanol–water partition coefficient (Wildman–Crippen LogP) is -0.305. The number of hydrogen-bond donors (Lipinski definition) is 0. The second-order valence-electron chi connectivity index (χ2n) is 6.19. The fraction of sp³-hybridized carbons (Fsp3) is 0.778. The van der Waals surface area contributed by atoms with Crippen LogP contribution in [0.15, 0.2) is 0 Å². The van der Waals surface area contributed by atoms with E-state index in [4.69, 9.17) is 0 Å². The molecule has 0 saturated carbocycles. The molecule has 0 rings (SSSR count). The van der Waals surface area contributed by atoms with Gasteiger partial charge in [-0.3, -0.25) is 27.5 Å². The van der Waals surface area contributed by atoms with E-state index in [0.717, 1.165) is 28.4 Å². The molecule has 0 aliphatic heterocycles. The van der Waals surface area contributed by atoms with Crippen molar-refractivity contribution in [2.75, 3.05) is 41.7 Å². The lowest BCUT2D eigenvalue weighted by molar-refractivity contribution is -0.148. The molecule has 2 atom stereocenters. The summed E-state index contributed by atoms with van der Waals surface area (Å²) >= 11 is 0. The lowest BCUT2D eigenvalue weighted by Crippen LogP contribution is -2.35. The summed E-state index contributed by atoms with van der Waals surface area (Å²) in [5.41, 5.74) is 0. The summed E-state index contributed by atoms with van der Waals surface area (Å²) < 4.78 is 72.0. The van der Waals surface area contributed by atoms with E-state index in [1.807, 2.05) is 0 Å². The maximum atomic E-state index is 11.5. The summed E-state index contributed by atoms with van der Waals surface area (Å²) in [6.45, 7) is 3.79. The van der Waals surface area contributed by atoms with Crippen molar-refractivity contribution in [3.05, 3.63) is 0 Å². The van der Waals surface area contributed by atoms with Crippen molar-refractivity contribution in [1.29, 1.82) is 0 Å². The van der Waals surface area contributed by atoms with Crippen molar-refractivity contribution in [2.45, 2.75) is 50.0 Å². The molecule has 0 amide bonds. The standard InChI is InChI=1S/2C9H16O7S/c1-4-5-16-8(10)6-7(9(11)14-2)17(12,13)15-3;1-4-5-16-9(11)7(6-8(10)14-2)17(12,13)15-3/h2*7H,4-6H2,1-3H3. The van der Waals surface area contributed by atoms with Gasteiger partial charge in [0.2, 0.25) is 0 Å². The number of carbonyl (C=O) groups excluding carboxylic acids is 4. The highest BCUT2D eigenvalue weighted by molar-refractivity contribution is 7.88. The van der Waals surface area contributed by atoms with E-state index in [1.165, 1.54) is 0 Å². The van der Waals surface area contributed by atoms with Crippen LogP contribution in [0.5, 0.6) is 0 Å². The van der Waals surface area contributed by atoms with Crippen LogP contribution in [0.25, 0.3) is 0 Å². The molecular formula is C18H32O14S2. The average molecular weight is 537 g/mol. The minimum absolute atomic E-state index is 0.0791. The van der Waals surface area contributed by atoms with Gasteiger partial charge in [0.1, 0.15) is 0 Å². The van der Waals surface area contributed by atoms with Crippen molar-refractivity contribution in [3.8, 4) is 0 Å². The third kappa shape index (κ3) is 12.8. The number of rotatable bonds is 14. The van der Waals surface area contributed by atoms with Crippen LogP contribution in [-0.2, 0) is 66.7 Å². The Hall–Kier alpha value is -2.30. The van der Waals surface area contributed by atoms with Crippen LogP contribution in [0.4, 0.5) is 0 Å². The molecule has 200 valence electrons. The minimum atomic E-state index is -4.17. The number of ether oxygens (including phenoxy) is 4. The van der Waals surface area contributed by atoms with Crippen LogP contribution in [0.2, 0.25) is 0 Å². The molecule has 0 aliphatic carbocycles. The molecule has 34 heavy (non-hydrogen) atoms. The first-order chi connectivity index (χ1) is 15.8. The van der Waals surface area contributed by atoms with Gasteiger partial charge in [-0.2, -0.15) is 16.8 Å². The Morgan fingerprint density at radius 3 is 1.41 bits per heavy atom. The molecule has 0 bridgehead atoms. The highest BCUT2D eigenvalue weighted by Gasteiger charge is 2.37. The van der Waals surface area contributed by atoms with Crippen LogP contribution >= 0.6 is 0 Å². The Morgan fingerprint density at radius 1 is 0.618 bits per heavy atom.